The largest absolute Gasteiger partial charge is 0.465 e. The van der Waals surface area contributed by atoms with E-state index < -0.39 is 11.6 Å². The van der Waals surface area contributed by atoms with Gasteiger partial charge >= 0.3 is 5.97 Å². The van der Waals surface area contributed by atoms with Gasteiger partial charge in [-0.3, -0.25) is 10.1 Å². The molecule has 5 heteroatoms. The van der Waals surface area contributed by atoms with Gasteiger partial charge in [0.15, 0.2) is 0 Å². The second-order valence-corrected chi connectivity index (χ2v) is 5.91. The highest BCUT2D eigenvalue weighted by atomic mass is 19.1. The van der Waals surface area contributed by atoms with Crippen LogP contribution in [0.2, 0.25) is 0 Å². The molecule has 1 fully saturated rings. The zero-order chi connectivity index (χ0) is 16.2. The molecule has 4 nitrogen and oxygen atoms in total. The van der Waals surface area contributed by atoms with E-state index >= 15 is 0 Å². The lowest BCUT2D eigenvalue weighted by Gasteiger charge is -2.29. The number of carbonyl (C=O) groups is 1. The Morgan fingerprint density at radius 1 is 1.45 bits per heavy atom. The van der Waals surface area contributed by atoms with Crippen molar-refractivity contribution in [1.82, 2.24) is 5.32 Å². The fourth-order valence-corrected chi connectivity index (χ4v) is 3.12. The van der Waals surface area contributed by atoms with E-state index in [4.69, 9.17) is 4.74 Å². The van der Waals surface area contributed by atoms with Crippen molar-refractivity contribution < 1.29 is 19.0 Å². The standard InChI is InChI=1S/C17H24FNO3/c1-3-22-16(21)17(8-4-5-9-17)19-11-15(20)14-7-6-13(18)10-12(14)2/h6-7,10,15,19-20H,3-5,8-9,11H2,1-2H3. The van der Waals surface area contributed by atoms with Crippen LogP contribution in [0.25, 0.3) is 0 Å². The molecule has 1 atom stereocenters. The number of aryl methyl sites for hydroxylation is 1. The Hall–Kier alpha value is -1.46. The molecule has 0 bridgehead atoms. The monoisotopic (exact) mass is 309 g/mol. The topological polar surface area (TPSA) is 58.6 Å². The Labute approximate surface area is 130 Å². The summed E-state index contributed by atoms with van der Waals surface area (Å²) in [6, 6.07) is 4.32. The van der Waals surface area contributed by atoms with Crippen LogP contribution in [-0.4, -0.2) is 29.8 Å². The first-order valence-electron chi connectivity index (χ1n) is 7.85. The van der Waals surface area contributed by atoms with Crippen molar-refractivity contribution in [2.24, 2.45) is 0 Å². The molecule has 0 amide bonds. The number of benzene rings is 1. The fourth-order valence-electron chi connectivity index (χ4n) is 3.12. The van der Waals surface area contributed by atoms with Gasteiger partial charge in [0.2, 0.25) is 0 Å². The summed E-state index contributed by atoms with van der Waals surface area (Å²) in [7, 11) is 0. The van der Waals surface area contributed by atoms with E-state index in [2.05, 4.69) is 5.32 Å². The first-order valence-corrected chi connectivity index (χ1v) is 7.85. The minimum atomic E-state index is -0.785. The van der Waals surface area contributed by atoms with E-state index in [9.17, 15) is 14.3 Å². The number of hydrogen-bond acceptors (Lipinski definition) is 4. The maximum Gasteiger partial charge on any atom is 0.326 e. The van der Waals surface area contributed by atoms with E-state index in [0.717, 1.165) is 25.7 Å². The highest BCUT2D eigenvalue weighted by Crippen LogP contribution is 2.31. The predicted octanol–water partition coefficient (Wildman–Crippen LogP) is 2.63. The van der Waals surface area contributed by atoms with Gasteiger partial charge in [0.25, 0.3) is 0 Å². The number of rotatable bonds is 6. The Balaban J connectivity index is 2.04. The summed E-state index contributed by atoms with van der Waals surface area (Å²) in [5, 5.41) is 13.5. The molecule has 2 rings (SSSR count). The average molecular weight is 309 g/mol. The number of ether oxygens (including phenoxy) is 1. The van der Waals surface area contributed by atoms with Gasteiger partial charge in [-0.2, -0.15) is 0 Å². The second kappa shape index (κ2) is 7.20. The highest BCUT2D eigenvalue weighted by Gasteiger charge is 2.42. The van der Waals surface area contributed by atoms with Crippen LogP contribution in [0.3, 0.4) is 0 Å². The molecule has 122 valence electrons. The third kappa shape index (κ3) is 3.65. The van der Waals surface area contributed by atoms with E-state index in [0.29, 0.717) is 17.7 Å². The zero-order valence-electron chi connectivity index (χ0n) is 13.2. The lowest BCUT2D eigenvalue weighted by Crippen LogP contribution is -2.52. The van der Waals surface area contributed by atoms with Crippen molar-refractivity contribution >= 4 is 5.97 Å². The van der Waals surface area contributed by atoms with Gasteiger partial charge in [-0.05, 0) is 49.9 Å². The molecular formula is C17H24FNO3. The summed E-state index contributed by atoms with van der Waals surface area (Å²) in [4.78, 5) is 12.2. The van der Waals surface area contributed by atoms with Crippen LogP contribution in [0.5, 0.6) is 0 Å². The van der Waals surface area contributed by atoms with Crippen molar-refractivity contribution in [3.63, 3.8) is 0 Å². The summed E-state index contributed by atoms with van der Waals surface area (Å²) in [6.45, 7) is 4.14. The molecule has 0 spiro atoms. The van der Waals surface area contributed by atoms with E-state index in [1.165, 1.54) is 12.1 Å². The van der Waals surface area contributed by atoms with Crippen molar-refractivity contribution in [3.05, 3.63) is 35.1 Å². The van der Waals surface area contributed by atoms with Gasteiger partial charge in [0.1, 0.15) is 11.4 Å². The van der Waals surface area contributed by atoms with Crippen molar-refractivity contribution in [2.75, 3.05) is 13.2 Å². The summed E-state index contributed by atoms with van der Waals surface area (Å²) in [5.74, 6) is -0.560. The molecule has 0 saturated heterocycles. The van der Waals surface area contributed by atoms with Crippen molar-refractivity contribution in [3.8, 4) is 0 Å². The van der Waals surface area contributed by atoms with Gasteiger partial charge in [-0.1, -0.05) is 18.9 Å². The number of nitrogens with one attached hydrogen (secondary N) is 1. The van der Waals surface area contributed by atoms with E-state index in [1.54, 1.807) is 19.9 Å². The lowest BCUT2D eigenvalue weighted by atomic mass is 9.96. The quantitative estimate of drug-likeness (QED) is 0.793. The van der Waals surface area contributed by atoms with Crippen molar-refractivity contribution in [1.29, 1.82) is 0 Å². The van der Waals surface area contributed by atoms with Gasteiger partial charge in [0, 0.05) is 6.54 Å². The van der Waals surface area contributed by atoms with Crippen LogP contribution in [0.1, 0.15) is 49.8 Å². The van der Waals surface area contributed by atoms with Crippen LogP contribution in [0, 0.1) is 12.7 Å². The van der Waals surface area contributed by atoms with Crippen LogP contribution in [0.4, 0.5) is 4.39 Å². The average Bonchev–Trinajstić information content (AvgIpc) is 2.95. The third-order valence-corrected chi connectivity index (χ3v) is 4.35. The summed E-state index contributed by atoms with van der Waals surface area (Å²) in [5.41, 5.74) is 0.682. The number of halogens is 1. The van der Waals surface area contributed by atoms with Crippen molar-refractivity contribution in [2.45, 2.75) is 51.2 Å². The number of aliphatic hydroxyl groups excluding tert-OH is 1. The molecule has 0 aliphatic heterocycles. The summed E-state index contributed by atoms with van der Waals surface area (Å²) < 4.78 is 18.3. The molecule has 1 aromatic carbocycles. The van der Waals surface area contributed by atoms with Gasteiger partial charge in [-0.25, -0.2) is 4.39 Å². The number of aliphatic hydroxyl groups is 1. The highest BCUT2D eigenvalue weighted by molar-refractivity contribution is 5.81. The zero-order valence-corrected chi connectivity index (χ0v) is 13.2. The Kier molecular flexibility index (Phi) is 5.53. The molecule has 0 aromatic heterocycles. The molecule has 1 unspecified atom stereocenters. The number of hydrogen-bond donors (Lipinski definition) is 2. The molecule has 1 saturated carbocycles. The van der Waals surface area contributed by atoms with Crippen LogP contribution >= 0.6 is 0 Å². The van der Waals surface area contributed by atoms with Gasteiger partial charge in [-0.15, -0.1) is 0 Å². The molecular weight excluding hydrogens is 285 g/mol. The molecule has 1 aliphatic carbocycles. The SMILES string of the molecule is CCOC(=O)C1(NCC(O)c2ccc(F)cc2C)CCCC1. The number of carbonyl (C=O) groups excluding carboxylic acids is 1. The molecule has 1 aromatic rings. The van der Waals surface area contributed by atoms with Crippen LogP contribution < -0.4 is 5.32 Å². The Morgan fingerprint density at radius 3 is 2.73 bits per heavy atom. The van der Waals surface area contributed by atoms with Crippen LogP contribution in [0.15, 0.2) is 18.2 Å². The van der Waals surface area contributed by atoms with E-state index in [-0.39, 0.29) is 18.3 Å². The Morgan fingerprint density at radius 2 is 2.14 bits per heavy atom. The first kappa shape index (κ1) is 16.9. The minimum absolute atomic E-state index is 0.240. The lowest BCUT2D eigenvalue weighted by molar-refractivity contribution is -0.151. The Bertz CT molecular complexity index is 527. The second-order valence-electron chi connectivity index (χ2n) is 5.91. The van der Waals surface area contributed by atoms with Gasteiger partial charge in [0.05, 0.1) is 12.7 Å². The normalized spacial score (nSPS) is 18.2. The fraction of sp³-hybridized carbons (Fsp3) is 0.588. The van der Waals surface area contributed by atoms with Gasteiger partial charge < -0.3 is 9.84 Å². The number of esters is 1. The maximum absolute atomic E-state index is 13.1. The smallest absolute Gasteiger partial charge is 0.326 e. The summed E-state index contributed by atoms with van der Waals surface area (Å²) >= 11 is 0. The molecule has 1 aliphatic rings. The molecule has 0 radical (unpaired) electrons. The number of β-amino-alcohol motifs (C(OH)–C–C–N with tert-alkyl or cyclic N) is 1. The molecule has 22 heavy (non-hydrogen) atoms. The first-order chi connectivity index (χ1) is 10.5. The minimum Gasteiger partial charge on any atom is -0.465 e. The maximum atomic E-state index is 13.1. The van der Waals surface area contributed by atoms with E-state index in [1.807, 2.05) is 0 Å². The summed E-state index contributed by atoms with van der Waals surface area (Å²) in [6.07, 6.45) is 2.60. The molecule has 2 N–H and O–H groups in total. The molecule has 0 heterocycles. The predicted molar refractivity (Wildman–Crippen MR) is 81.9 cm³/mol. The third-order valence-electron chi connectivity index (χ3n) is 4.35. The van der Waals surface area contributed by atoms with Crippen LogP contribution in [-0.2, 0) is 9.53 Å².